The fraction of sp³-hybridized carbons (Fsp3) is 1.00. The highest BCUT2D eigenvalue weighted by molar-refractivity contribution is 6.89. The fourth-order valence-electron chi connectivity index (χ4n) is 1.91. The molecule has 11 heteroatoms. The van der Waals surface area contributed by atoms with Gasteiger partial charge >= 0.3 is 35.2 Å². The Morgan fingerprint density at radius 1 is 0.778 bits per heavy atom. The van der Waals surface area contributed by atoms with Crippen LogP contribution in [0.25, 0.3) is 0 Å². The van der Waals surface area contributed by atoms with Crippen LogP contribution in [-0.2, 0) is 16.5 Å². The number of hydrogen-bond donors (Lipinski definition) is 0. The maximum atomic E-state index is 14.4. The molecule has 0 saturated carbocycles. The molecule has 1 aliphatic rings. The zero-order valence-electron chi connectivity index (χ0n) is 11.2. The highest BCUT2D eigenvalue weighted by Crippen LogP contribution is 2.34. The summed E-state index contributed by atoms with van der Waals surface area (Å²) in [5, 5.41) is 0. The molecule has 0 aromatic heterocycles. The van der Waals surface area contributed by atoms with Crippen LogP contribution < -0.4 is 0 Å². The zero-order chi connectivity index (χ0) is 14.2. The average molecular weight is 337 g/mol. The lowest BCUT2D eigenvalue weighted by molar-refractivity contribution is 0.138. The maximum Gasteiger partial charge on any atom is 0.744 e. The minimum atomic E-state index is -5.52. The predicted molar refractivity (Wildman–Crippen MR) is 69.2 cm³/mol. The second kappa shape index (κ2) is 5.12. The average Bonchev–Trinajstić information content (AvgIpc) is 1.91. The highest BCUT2D eigenvalue weighted by Gasteiger charge is 2.62. The van der Waals surface area contributed by atoms with Crippen LogP contribution in [-0.4, -0.2) is 35.2 Å². The van der Waals surface area contributed by atoms with E-state index < -0.39 is 35.2 Å². The van der Waals surface area contributed by atoms with Crippen LogP contribution >= 0.6 is 0 Å². The Labute approximate surface area is 110 Å². The van der Waals surface area contributed by atoms with E-state index in [2.05, 4.69) is 4.12 Å². The van der Waals surface area contributed by atoms with Gasteiger partial charge in [-0.2, -0.15) is 0 Å². The molecule has 1 rings (SSSR count). The number of rotatable bonds is 2. The van der Waals surface area contributed by atoms with Gasteiger partial charge in [0.05, 0.1) is 0 Å². The SMILES string of the molecule is CCC[Si]1(F)O[Si](C)(C)O[Si](C)(C)O[Si](F)(F)O1. The molecule has 108 valence electrons. The van der Waals surface area contributed by atoms with E-state index in [-0.39, 0.29) is 6.04 Å². The normalized spacial score (nSPS) is 34.7. The molecule has 1 unspecified atom stereocenters. The van der Waals surface area contributed by atoms with Crippen LogP contribution in [0.3, 0.4) is 0 Å². The van der Waals surface area contributed by atoms with Crippen LogP contribution in [0.4, 0.5) is 12.3 Å². The van der Waals surface area contributed by atoms with E-state index in [0.29, 0.717) is 6.42 Å². The van der Waals surface area contributed by atoms with Gasteiger partial charge in [0, 0.05) is 6.04 Å². The van der Waals surface area contributed by atoms with E-state index in [1.54, 1.807) is 20.0 Å². The lowest BCUT2D eigenvalue weighted by Crippen LogP contribution is -2.64. The molecule has 1 atom stereocenters. The summed E-state index contributed by atoms with van der Waals surface area (Å²) in [7, 11) is -15.8. The van der Waals surface area contributed by atoms with Crippen molar-refractivity contribution in [3.8, 4) is 0 Å². The Kier molecular flexibility index (Phi) is 4.71. The van der Waals surface area contributed by atoms with Gasteiger partial charge in [-0.1, -0.05) is 13.3 Å². The first-order valence-electron chi connectivity index (χ1n) is 5.76. The third kappa shape index (κ3) is 4.88. The van der Waals surface area contributed by atoms with Crippen molar-refractivity contribution in [3.63, 3.8) is 0 Å². The molecule has 0 bridgehead atoms. The summed E-state index contributed by atoms with van der Waals surface area (Å²) in [6.07, 6.45) is 0.374. The third-order valence-electron chi connectivity index (χ3n) is 2.07. The first-order valence-corrected chi connectivity index (χ1v) is 14.9. The lowest BCUT2D eigenvalue weighted by atomic mass is 10.6. The van der Waals surface area contributed by atoms with E-state index in [1.165, 1.54) is 13.1 Å². The Morgan fingerprint density at radius 3 is 1.78 bits per heavy atom. The molecule has 0 radical (unpaired) electrons. The van der Waals surface area contributed by atoms with Gasteiger partial charge in [0.2, 0.25) is 0 Å². The van der Waals surface area contributed by atoms with Gasteiger partial charge in [0.15, 0.2) is 0 Å². The molecule has 0 amide bonds. The fourth-order valence-corrected chi connectivity index (χ4v) is 16.9. The van der Waals surface area contributed by atoms with Crippen LogP contribution in [0.15, 0.2) is 0 Å². The Bertz CT molecular complexity index is 293. The van der Waals surface area contributed by atoms with Crippen molar-refractivity contribution >= 4 is 35.2 Å². The standard InChI is InChI=1S/C7H19F3O4Si4/c1-6-7-17(8)12-15(2,3)11-16(4,5)13-18(9,10)14-17/h6-7H2,1-5H3. The van der Waals surface area contributed by atoms with Crippen LogP contribution in [0.5, 0.6) is 0 Å². The van der Waals surface area contributed by atoms with E-state index in [0.717, 1.165) is 0 Å². The molecule has 18 heavy (non-hydrogen) atoms. The molecule has 1 heterocycles. The second-order valence-electron chi connectivity index (χ2n) is 5.08. The minimum absolute atomic E-state index is 0.138. The van der Waals surface area contributed by atoms with Crippen molar-refractivity contribution in [3.05, 3.63) is 0 Å². The predicted octanol–water partition coefficient (Wildman–Crippen LogP) is 3.16. The summed E-state index contributed by atoms with van der Waals surface area (Å²) in [5.74, 6) is 0. The summed E-state index contributed by atoms with van der Waals surface area (Å²) in [5.41, 5.74) is 0. The summed E-state index contributed by atoms with van der Waals surface area (Å²) in [4.78, 5) is 0. The van der Waals surface area contributed by atoms with Gasteiger partial charge in [-0.15, -0.1) is 0 Å². The smallest absolute Gasteiger partial charge is 0.416 e. The summed E-state index contributed by atoms with van der Waals surface area (Å²) in [6, 6.07) is -0.138. The third-order valence-corrected chi connectivity index (χ3v) is 15.4. The van der Waals surface area contributed by atoms with E-state index in [1.807, 2.05) is 0 Å². The minimum Gasteiger partial charge on any atom is -0.416 e. The number of hydrogen-bond acceptors (Lipinski definition) is 4. The molecule has 1 aliphatic heterocycles. The van der Waals surface area contributed by atoms with Crippen LogP contribution in [0, 0.1) is 0 Å². The van der Waals surface area contributed by atoms with Crippen molar-refractivity contribution in [1.29, 1.82) is 0 Å². The largest absolute Gasteiger partial charge is 0.744 e. The topological polar surface area (TPSA) is 36.9 Å². The summed E-state index contributed by atoms with van der Waals surface area (Å²) >= 11 is 0. The van der Waals surface area contributed by atoms with E-state index in [4.69, 9.17) is 12.3 Å². The lowest BCUT2D eigenvalue weighted by Gasteiger charge is -2.41. The molecule has 0 spiro atoms. The quantitative estimate of drug-likeness (QED) is 0.573. The highest BCUT2D eigenvalue weighted by atomic mass is 28.6. The maximum absolute atomic E-state index is 14.4. The van der Waals surface area contributed by atoms with Gasteiger partial charge < -0.3 is 16.5 Å². The molecule has 1 saturated heterocycles. The van der Waals surface area contributed by atoms with Gasteiger partial charge in [-0.25, -0.2) is 12.3 Å². The van der Waals surface area contributed by atoms with Crippen molar-refractivity contribution in [2.24, 2.45) is 0 Å². The van der Waals surface area contributed by atoms with Crippen molar-refractivity contribution in [1.82, 2.24) is 0 Å². The van der Waals surface area contributed by atoms with E-state index in [9.17, 15) is 12.3 Å². The van der Waals surface area contributed by atoms with Gasteiger partial charge in [-0.3, -0.25) is 0 Å². The van der Waals surface area contributed by atoms with E-state index >= 15 is 0 Å². The molecule has 4 nitrogen and oxygen atoms in total. The molecule has 0 aromatic carbocycles. The van der Waals surface area contributed by atoms with Crippen molar-refractivity contribution < 1.29 is 28.8 Å². The Hall–Kier alpha value is 0.498. The van der Waals surface area contributed by atoms with Gasteiger partial charge in [0.25, 0.3) is 0 Å². The van der Waals surface area contributed by atoms with Gasteiger partial charge in [0.1, 0.15) is 0 Å². The first kappa shape index (κ1) is 16.6. The molecular weight excluding hydrogens is 317 g/mol. The molecule has 1 fully saturated rings. The molecular formula is C7H19F3O4Si4. The van der Waals surface area contributed by atoms with Crippen molar-refractivity contribution in [2.75, 3.05) is 0 Å². The zero-order valence-corrected chi connectivity index (χ0v) is 15.2. The number of halogens is 3. The molecule has 0 aliphatic carbocycles. The molecule has 0 N–H and O–H groups in total. The van der Waals surface area contributed by atoms with Crippen LogP contribution in [0.1, 0.15) is 13.3 Å². The summed E-state index contributed by atoms with van der Waals surface area (Å²) in [6.45, 7) is 7.91. The van der Waals surface area contributed by atoms with Gasteiger partial charge in [-0.05, 0) is 26.2 Å². The first-order chi connectivity index (χ1) is 7.89. The monoisotopic (exact) mass is 336 g/mol. The summed E-state index contributed by atoms with van der Waals surface area (Å²) < 4.78 is 61.5. The Morgan fingerprint density at radius 2 is 1.28 bits per heavy atom. The Balaban J connectivity index is 3.01. The second-order valence-corrected chi connectivity index (χ2v) is 16.7. The van der Waals surface area contributed by atoms with Crippen molar-refractivity contribution in [2.45, 2.75) is 45.6 Å². The molecule has 0 aromatic rings. The van der Waals surface area contributed by atoms with Crippen LogP contribution in [0.2, 0.25) is 32.2 Å².